The van der Waals surface area contributed by atoms with Gasteiger partial charge in [0.2, 0.25) is 0 Å². The van der Waals surface area contributed by atoms with Crippen LogP contribution in [0.1, 0.15) is 219 Å². The molecule has 0 aliphatic carbocycles. The summed E-state index contributed by atoms with van der Waals surface area (Å²) >= 11 is 0. The average Bonchev–Trinajstić information content (AvgIpc) is 3.09. The van der Waals surface area contributed by atoms with Crippen LogP contribution in [-0.4, -0.2) is 38.0 Å². The number of hydrogen-bond donors (Lipinski definition) is 0. The lowest BCUT2D eigenvalue weighted by atomic mass is 9.93. The maximum Gasteiger partial charge on any atom is 0.108 e. The molecule has 0 atom stereocenters. The molecule has 2 fully saturated rings. The summed E-state index contributed by atoms with van der Waals surface area (Å²) in [5, 5.41) is 0. The van der Waals surface area contributed by atoms with Crippen LogP contribution >= 0.6 is 16.0 Å². The minimum absolute atomic E-state index is 0.0900. The van der Waals surface area contributed by atoms with Crippen molar-refractivity contribution < 1.29 is 18.1 Å². The second-order valence-electron chi connectivity index (χ2n) is 15.2. The summed E-state index contributed by atoms with van der Waals surface area (Å²) in [5.74, 6) is 4.68. The standard InChI is InChI=1S/C41H82O4P2/c1-3-5-7-9-11-13-15-17-19-21-23-25-27-29-31-33-35-46-42-37-41(38-43-46)39-44-47(45-40-41)36-34-32-30-28-26-24-22-20-18-16-14-12-10-8-6-4-2/h35-36,46-47H,3-34,37-40H2,1-2H3. The van der Waals surface area contributed by atoms with Crippen molar-refractivity contribution in [2.45, 2.75) is 219 Å². The van der Waals surface area contributed by atoms with Crippen LogP contribution in [0.25, 0.3) is 0 Å². The maximum absolute atomic E-state index is 6.19. The van der Waals surface area contributed by atoms with Crippen LogP contribution in [0.4, 0.5) is 0 Å². The van der Waals surface area contributed by atoms with Gasteiger partial charge in [-0.1, -0.05) is 194 Å². The van der Waals surface area contributed by atoms with E-state index in [4.69, 9.17) is 18.1 Å². The molecule has 4 nitrogen and oxygen atoms in total. The molecule has 2 heterocycles. The zero-order chi connectivity index (χ0) is 33.4. The van der Waals surface area contributed by atoms with Crippen LogP contribution in [0, 0.1) is 5.41 Å². The lowest BCUT2D eigenvalue weighted by Crippen LogP contribution is -2.43. The van der Waals surface area contributed by atoms with Crippen LogP contribution in [-0.2, 0) is 18.1 Å². The van der Waals surface area contributed by atoms with Crippen LogP contribution in [0.3, 0.4) is 0 Å². The predicted octanol–water partition coefficient (Wildman–Crippen LogP) is 14.3. The first-order chi connectivity index (χ1) is 23.3. The Bertz CT molecular complexity index is 670. The lowest BCUT2D eigenvalue weighted by molar-refractivity contribution is -0.0466. The first-order valence-electron chi connectivity index (χ1n) is 21.2. The molecule has 2 rings (SSSR count). The molecule has 0 aromatic heterocycles. The van der Waals surface area contributed by atoms with E-state index in [2.05, 4.69) is 25.4 Å². The van der Waals surface area contributed by atoms with Gasteiger partial charge in [-0.3, -0.25) is 0 Å². The van der Waals surface area contributed by atoms with Crippen molar-refractivity contribution in [3.05, 3.63) is 0 Å². The van der Waals surface area contributed by atoms with Crippen LogP contribution < -0.4 is 0 Å². The Morgan fingerprint density at radius 2 is 0.553 bits per heavy atom. The van der Waals surface area contributed by atoms with Gasteiger partial charge in [0.1, 0.15) is 16.0 Å². The Morgan fingerprint density at radius 1 is 0.340 bits per heavy atom. The summed E-state index contributed by atoms with van der Waals surface area (Å²) in [4.78, 5) is 0. The Hall–Kier alpha value is 0.440. The third kappa shape index (κ3) is 25.1. The fourth-order valence-corrected chi connectivity index (χ4v) is 10.2. The summed E-state index contributed by atoms with van der Waals surface area (Å²) < 4.78 is 24.8. The van der Waals surface area contributed by atoms with Crippen LogP contribution in [0.2, 0.25) is 0 Å². The maximum atomic E-state index is 6.19. The van der Waals surface area contributed by atoms with E-state index in [1.165, 1.54) is 193 Å². The molecule has 0 bridgehead atoms. The summed E-state index contributed by atoms with van der Waals surface area (Å²) in [6, 6.07) is 0. The normalized spacial score (nSPS) is 21.4. The van der Waals surface area contributed by atoms with Crippen molar-refractivity contribution in [3.8, 4) is 0 Å². The predicted molar refractivity (Wildman–Crippen MR) is 214 cm³/mol. The van der Waals surface area contributed by atoms with Crippen LogP contribution in [0.5, 0.6) is 0 Å². The van der Waals surface area contributed by atoms with Crippen molar-refractivity contribution in [1.82, 2.24) is 0 Å². The second kappa shape index (κ2) is 32.4. The Kier molecular flexibility index (Phi) is 30.0. The molecule has 0 amide bonds. The molecule has 6 heteroatoms. The van der Waals surface area contributed by atoms with Crippen molar-refractivity contribution in [2.75, 3.05) is 26.4 Å². The third-order valence-corrected chi connectivity index (χ3v) is 13.3. The molecule has 280 valence electrons. The van der Waals surface area contributed by atoms with Crippen molar-refractivity contribution in [1.29, 1.82) is 0 Å². The minimum atomic E-state index is -1.23. The summed E-state index contributed by atoms with van der Waals surface area (Å²) in [7, 11) is -2.46. The molecule has 0 saturated carbocycles. The molecule has 2 saturated heterocycles. The van der Waals surface area contributed by atoms with E-state index in [0.717, 1.165) is 39.3 Å². The molecule has 47 heavy (non-hydrogen) atoms. The zero-order valence-corrected chi connectivity index (χ0v) is 33.7. The van der Waals surface area contributed by atoms with Gasteiger partial charge in [-0.2, -0.15) is 0 Å². The molecule has 0 unspecified atom stereocenters. The molecule has 0 radical (unpaired) electrons. The Balaban J connectivity index is 1.34. The van der Waals surface area contributed by atoms with E-state index in [1.54, 1.807) is 0 Å². The molecule has 1 spiro atoms. The van der Waals surface area contributed by atoms with Gasteiger partial charge in [0.15, 0.2) is 0 Å². The highest BCUT2D eigenvalue weighted by Gasteiger charge is 2.39. The summed E-state index contributed by atoms with van der Waals surface area (Å²) in [6.07, 6.45) is 44.7. The highest BCUT2D eigenvalue weighted by molar-refractivity contribution is 7.47. The summed E-state index contributed by atoms with van der Waals surface area (Å²) in [6.45, 7) is 7.51. The van der Waals surface area contributed by atoms with Gasteiger partial charge in [-0.05, 0) is 37.3 Å². The van der Waals surface area contributed by atoms with Gasteiger partial charge < -0.3 is 18.1 Å². The van der Waals surface area contributed by atoms with E-state index < -0.39 is 16.0 Å². The molecule has 0 N–H and O–H groups in total. The molecule has 2 aliphatic rings. The van der Waals surface area contributed by atoms with Crippen LogP contribution in [0.15, 0.2) is 0 Å². The van der Waals surface area contributed by atoms with Gasteiger partial charge in [0.25, 0.3) is 0 Å². The largest absolute Gasteiger partial charge is 0.339 e. The molecule has 0 aromatic rings. The highest BCUT2D eigenvalue weighted by Crippen LogP contribution is 2.45. The van der Waals surface area contributed by atoms with E-state index in [1.807, 2.05) is 0 Å². The topological polar surface area (TPSA) is 36.9 Å². The fraction of sp³-hybridized carbons (Fsp3) is 0.951. The second-order valence-corrected chi connectivity index (χ2v) is 18.4. The number of unbranched alkanes of at least 4 members (excludes halogenated alkanes) is 30. The first-order valence-corrected chi connectivity index (χ1v) is 24.0. The van der Waals surface area contributed by atoms with E-state index >= 15 is 0 Å². The first kappa shape index (κ1) is 43.6. The molecular formula is C41H82O4P2. The van der Waals surface area contributed by atoms with Crippen molar-refractivity contribution >= 4 is 27.6 Å². The number of rotatable bonds is 32. The van der Waals surface area contributed by atoms with Gasteiger partial charge in [-0.25, -0.2) is 0 Å². The summed E-state index contributed by atoms with van der Waals surface area (Å²) in [5.41, 5.74) is -0.0900. The highest BCUT2D eigenvalue weighted by atomic mass is 31.1. The Morgan fingerprint density at radius 3 is 0.787 bits per heavy atom. The van der Waals surface area contributed by atoms with Gasteiger partial charge in [-0.15, -0.1) is 0 Å². The Labute approximate surface area is 296 Å². The quantitative estimate of drug-likeness (QED) is 0.0517. The van der Waals surface area contributed by atoms with Crippen molar-refractivity contribution in [2.24, 2.45) is 5.41 Å². The lowest BCUT2D eigenvalue weighted by Gasteiger charge is -2.40. The third-order valence-electron chi connectivity index (χ3n) is 10.3. The minimum Gasteiger partial charge on any atom is -0.339 e. The van der Waals surface area contributed by atoms with E-state index in [-0.39, 0.29) is 5.41 Å². The smallest absolute Gasteiger partial charge is 0.108 e. The van der Waals surface area contributed by atoms with Gasteiger partial charge >= 0.3 is 0 Å². The van der Waals surface area contributed by atoms with Gasteiger partial charge in [0.05, 0.1) is 31.8 Å². The van der Waals surface area contributed by atoms with Crippen molar-refractivity contribution in [3.63, 3.8) is 0 Å². The van der Waals surface area contributed by atoms with E-state index in [9.17, 15) is 0 Å². The number of hydrogen-bond acceptors (Lipinski definition) is 4. The molecule has 2 aliphatic heterocycles. The fourth-order valence-electron chi connectivity index (χ4n) is 6.94. The zero-order valence-electron chi connectivity index (χ0n) is 31.7. The van der Waals surface area contributed by atoms with Gasteiger partial charge in [0, 0.05) is 0 Å². The average molecular weight is 701 g/mol. The molecule has 0 aromatic carbocycles. The monoisotopic (exact) mass is 701 g/mol. The molecular weight excluding hydrogens is 618 g/mol. The SMILES string of the molecule is CCCCCCCCCCCCCCCCCC=[PH]1OCC2(CO1)CO[PH](=CCCCCCCCCCCCCCCCCC)OC2. The van der Waals surface area contributed by atoms with E-state index in [0.29, 0.717) is 0 Å².